The lowest BCUT2D eigenvalue weighted by atomic mass is 10.2. The SMILES string of the molecule is O=C(CSc1nnc(-n2cccc2)n1Cc1ccccc1)Nc1ccc(OC(F)F)cc1. The zero-order chi connectivity index (χ0) is 22.3. The van der Waals surface area contributed by atoms with Gasteiger partial charge in [-0.3, -0.25) is 13.9 Å². The Hall–Kier alpha value is -3.66. The fraction of sp³-hybridized carbons (Fsp3) is 0.136. The van der Waals surface area contributed by atoms with Crippen molar-refractivity contribution in [2.45, 2.75) is 18.3 Å². The molecular weight excluding hydrogens is 436 g/mol. The predicted molar refractivity (Wildman–Crippen MR) is 117 cm³/mol. The second kappa shape index (κ2) is 10.1. The molecule has 0 aliphatic heterocycles. The Morgan fingerprint density at radius 2 is 1.72 bits per heavy atom. The normalized spacial score (nSPS) is 11.0. The predicted octanol–water partition coefficient (Wildman–Crippen LogP) is 4.45. The number of carbonyl (C=O) groups is 1. The van der Waals surface area contributed by atoms with Gasteiger partial charge in [0.1, 0.15) is 5.75 Å². The van der Waals surface area contributed by atoms with Crippen LogP contribution in [-0.4, -0.2) is 37.6 Å². The average molecular weight is 455 g/mol. The summed E-state index contributed by atoms with van der Waals surface area (Å²) in [6, 6.07) is 19.5. The summed E-state index contributed by atoms with van der Waals surface area (Å²) in [5, 5.41) is 11.9. The number of alkyl halides is 2. The summed E-state index contributed by atoms with van der Waals surface area (Å²) in [5.41, 5.74) is 1.56. The minimum absolute atomic E-state index is 0.0268. The molecule has 0 saturated heterocycles. The van der Waals surface area contributed by atoms with Crippen molar-refractivity contribution in [1.82, 2.24) is 19.3 Å². The molecule has 2 heterocycles. The van der Waals surface area contributed by atoms with Crippen LogP contribution in [0, 0.1) is 0 Å². The lowest BCUT2D eigenvalue weighted by molar-refractivity contribution is -0.113. The van der Waals surface area contributed by atoms with Gasteiger partial charge < -0.3 is 10.1 Å². The Balaban J connectivity index is 1.44. The van der Waals surface area contributed by atoms with Crippen LogP contribution in [0.15, 0.2) is 84.3 Å². The number of nitrogens with one attached hydrogen (secondary N) is 1. The van der Waals surface area contributed by atoms with E-state index < -0.39 is 6.61 Å². The first-order chi connectivity index (χ1) is 15.6. The van der Waals surface area contributed by atoms with Crippen LogP contribution >= 0.6 is 11.8 Å². The number of anilines is 1. The molecule has 0 fully saturated rings. The number of nitrogens with zero attached hydrogens (tertiary/aromatic N) is 4. The van der Waals surface area contributed by atoms with E-state index in [4.69, 9.17) is 0 Å². The first kappa shape index (κ1) is 21.6. The molecule has 1 N–H and O–H groups in total. The van der Waals surface area contributed by atoms with Gasteiger partial charge in [0.25, 0.3) is 0 Å². The maximum Gasteiger partial charge on any atom is 0.387 e. The number of hydrogen-bond donors (Lipinski definition) is 1. The summed E-state index contributed by atoms with van der Waals surface area (Å²) in [5.74, 6) is 0.526. The first-order valence-corrected chi connectivity index (χ1v) is 10.6. The molecule has 0 saturated carbocycles. The van der Waals surface area contributed by atoms with Gasteiger partial charge in [-0.2, -0.15) is 8.78 Å². The van der Waals surface area contributed by atoms with Crippen LogP contribution in [-0.2, 0) is 11.3 Å². The van der Waals surface area contributed by atoms with Crippen molar-refractivity contribution < 1.29 is 18.3 Å². The molecule has 0 atom stereocenters. The van der Waals surface area contributed by atoms with E-state index >= 15 is 0 Å². The van der Waals surface area contributed by atoms with Crippen molar-refractivity contribution in [2.24, 2.45) is 0 Å². The third kappa shape index (κ3) is 5.52. The van der Waals surface area contributed by atoms with Crippen LogP contribution in [0.1, 0.15) is 5.56 Å². The lowest BCUT2D eigenvalue weighted by Gasteiger charge is -2.11. The number of ether oxygens (including phenoxy) is 1. The third-order valence-electron chi connectivity index (χ3n) is 4.41. The van der Waals surface area contributed by atoms with E-state index in [0.717, 1.165) is 5.56 Å². The fourth-order valence-corrected chi connectivity index (χ4v) is 3.73. The smallest absolute Gasteiger partial charge is 0.387 e. The highest BCUT2D eigenvalue weighted by atomic mass is 32.2. The standard InChI is InChI=1S/C22H19F2N5O2S/c23-20(24)31-18-10-8-17(9-11-18)25-19(30)15-32-22-27-26-21(28-12-4-5-13-28)29(22)14-16-6-2-1-3-7-16/h1-13,20H,14-15H2,(H,25,30). The summed E-state index contributed by atoms with van der Waals surface area (Å²) in [7, 11) is 0. The Bertz CT molecular complexity index is 1150. The first-order valence-electron chi connectivity index (χ1n) is 9.66. The molecule has 0 bridgehead atoms. The van der Waals surface area contributed by atoms with Crippen molar-refractivity contribution in [2.75, 3.05) is 11.1 Å². The van der Waals surface area contributed by atoms with Crippen molar-refractivity contribution >= 4 is 23.4 Å². The number of amides is 1. The van der Waals surface area contributed by atoms with Crippen LogP contribution in [0.4, 0.5) is 14.5 Å². The van der Waals surface area contributed by atoms with Crippen molar-refractivity contribution in [3.05, 3.63) is 84.7 Å². The van der Waals surface area contributed by atoms with Crippen LogP contribution < -0.4 is 10.1 Å². The highest BCUT2D eigenvalue weighted by Gasteiger charge is 2.16. The Labute approximate surface area is 187 Å². The van der Waals surface area contributed by atoms with Gasteiger partial charge in [-0.25, -0.2) is 0 Å². The molecule has 1 amide bonds. The molecule has 2 aromatic carbocycles. The molecule has 0 radical (unpaired) electrons. The van der Waals surface area contributed by atoms with Crippen LogP contribution in [0.5, 0.6) is 5.75 Å². The fourth-order valence-electron chi connectivity index (χ4n) is 3.00. The monoisotopic (exact) mass is 455 g/mol. The average Bonchev–Trinajstić information content (AvgIpc) is 3.44. The molecule has 4 rings (SSSR count). The number of aromatic nitrogens is 4. The summed E-state index contributed by atoms with van der Waals surface area (Å²) in [6.45, 7) is -2.34. The molecule has 0 aliphatic carbocycles. The van der Waals surface area contributed by atoms with Crippen molar-refractivity contribution in [1.29, 1.82) is 0 Å². The largest absolute Gasteiger partial charge is 0.435 e. The Morgan fingerprint density at radius 1 is 1.00 bits per heavy atom. The minimum Gasteiger partial charge on any atom is -0.435 e. The number of carbonyl (C=O) groups excluding carboxylic acids is 1. The van der Waals surface area contributed by atoms with E-state index in [-0.39, 0.29) is 17.4 Å². The molecular formula is C22H19F2N5O2S. The molecule has 0 aliphatic rings. The van der Waals surface area contributed by atoms with Gasteiger partial charge in [0.05, 0.1) is 12.3 Å². The van der Waals surface area contributed by atoms with Gasteiger partial charge in [-0.05, 0) is 42.0 Å². The minimum atomic E-state index is -2.89. The zero-order valence-electron chi connectivity index (χ0n) is 16.8. The molecule has 2 aromatic heterocycles. The van der Waals surface area contributed by atoms with E-state index in [9.17, 15) is 13.6 Å². The van der Waals surface area contributed by atoms with Crippen LogP contribution in [0.25, 0.3) is 5.95 Å². The van der Waals surface area contributed by atoms with Gasteiger partial charge in [-0.1, -0.05) is 42.1 Å². The van der Waals surface area contributed by atoms with Crippen LogP contribution in [0.2, 0.25) is 0 Å². The van der Waals surface area contributed by atoms with Crippen LogP contribution in [0.3, 0.4) is 0 Å². The van der Waals surface area contributed by atoms with Gasteiger partial charge >= 0.3 is 6.61 Å². The summed E-state index contributed by atoms with van der Waals surface area (Å²) < 4.78 is 32.6. The number of rotatable bonds is 9. The third-order valence-corrected chi connectivity index (χ3v) is 5.38. The highest BCUT2D eigenvalue weighted by Crippen LogP contribution is 2.22. The number of hydrogen-bond acceptors (Lipinski definition) is 5. The van der Waals surface area contributed by atoms with Gasteiger partial charge in [0.15, 0.2) is 5.16 Å². The molecule has 164 valence electrons. The van der Waals surface area contributed by atoms with Crippen molar-refractivity contribution in [3.8, 4) is 11.7 Å². The Morgan fingerprint density at radius 3 is 2.41 bits per heavy atom. The number of halogens is 2. The Kier molecular flexibility index (Phi) is 6.81. The molecule has 4 aromatic rings. The molecule has 32 heavy (non-hydrogen) atoms. The summed E-state index contributed by atoms with van der Waals surface area (Å²) in [6.07, 6.45) is 3.77. The quantitative estimate of drug-likeness (QED) is 0.378. The number of thioether (sulfide) groups is 1. The van der Waals surface area contributed by atoms with E-state index in [0.29, 0.717) is 23.3 Å². The van der Waals surface area contributed by atoms with Gasteiger partial charge in [-0.15, -0.1) is 10.2 Å². The lowest BCUT2D eigenvalue weighted by Crippen LogP contribution is -2.15. The topological polar surface area (TPSA) is 74.0 Å². The van der Waals surface area contributed by atoms with E-state index in [1.807, 2.05) is 64.0 Å². The highest BCUT2D eigenvalue weighted by molar-refractivity contribution is 7.99. The zero-order valence-corrected chi connectivity index (χ0v) is 17.6. The molecule has 10 heteroatoms. The molecule has 0 spiro atoms. The van der Waals surface area contributed by atoms with E-state index in [1.165, 1.54) is 36.0 Å². The molecule has 0 unspecified atom stereocenters. The maximum atomic E-state index is 12.4. The maximum absolute atomic E-state index is 12.4. The van der Waals surface area contributed by atoms with Crippen molar-refractivity contribution in [3.63, 3.8) is 0 Å². The van der Waals surface area contributed by atoms with Gasteiger partial charge in [0.2, 0.25) is 11.9 Å². The van der Waals surface area contributed by atoms with Gasteiger partial charge in [0, 0.05) is 18.1 Å². The van der Waals surface area contributed by atoms with E-state index in [2.05, 4.69) is 20.3 Å². The second-order valence-corrected chi connectivity index (χ2v) is 7.63. The van der Waals surface area contributed by atoms with E-state index in [1.54, 1.807) is 0 Å². The summed E-state index contributed by atoms with van der Waals surface area (Å²) in [4.78, 5) is 12.4. The number of benzene rings is 2. The molecule has 7 nitrogen and oxygen atoms in total. The second-order valence-electron chi connectivity index (χ2n) is 6.68. The summed E-state index contributed by atoms with van der Waals surface area (Å²) >= 11 is 1.26.